The summed E-state index contributed by atoms with van der Waals surface area (Å²) in [7, 11) is 0. The SMILES string of the molecule is c1cn(-c2ccc(CO[C@@H]3CNC[C@H]4O[C@H]34)cc2)nn1. The van der Waals surface area contributed by atoms with Gasteiger partial charge in [-0.15, -0.1) is 5.10 Å². The lowest BCUT2D eigenvalue weighted by atomic mass is 10.1. The van der Waals surface area contributed by atoms with Crippen LogP contribution in [-0.2, 0) is 16.1 Å². The molecule has 1 aromatic heterocycles. The summed E-state index contributed by atoms with van der Waals surface area (Å²) >= 11 is 0. The van der Waals surface area contributed by atoms with Gasteiger partial charge < -0.3 is 14.8 Å². The van der Waals surface area contributed by atoms with Gasteiger partial charge in [0.05, 0.1) is 36.9 Å². The first-order chi connectivity index (χ1) is 9.90. The van der Waals surface area contributed by atoms with Gasteiger partial charge in [-0.2, -0.15) is 0 Å². The topological polar surface area (TPSA) is 64.5 Å². The van der Waals surface area contributed by atoms with E-state index in [1.807, 2.05) is 18.3 Å². The van der Waals surface area contributed by atoms with Crippen molar-refractivity contribution in [3.05, 3.63) is 42.2 Å². The van der Waals surface area contributed by atoms with Crippen molar-refractivity contribution in [1.29, 1.82) is 0 Å². The van der Waals surface area contributed by atoms with E-state index in [1.54, 1.807) is 10.9 Å². The Balaban J connectivity index is 1.37. The Bertz CT molecular complexity index is 569. The van der Waals surface area contributed by atoms with Crippen molar-refractivity contribution in [3.8, 4) is 5.69 Å². The molecule has 6 nitrogen and oxygen atoms in total. The van der Waals surface area contributed by atoms with Crippen LogP contribution in [-0.4, -0.2) is 46.4 Å². The predicted octanol–water partition coefficient (Wildman–Crippen LogP) is 0.523. The zero-order valence-electron chi connectivity index (χ0n) is 11.0. The van der Waals surface area contributed by atoms with E-state index in [0.717, 1.165) is 24.3 Å². The fourth-order valence-electron chi connectivity index (χ4n) is 2.58. The van der Waals surface area contributed by atoms with Crippen molar-refractivity contribution in [2.45, 2.75) is 24.9 Å². The van der Waals surface area contributed by atoms with Crippen LogP contribution < -0.4 is 5.32 Å². The number of epoxide rings is 1. The van der Waals surface area contributed by atoms with Gasteiger partial charge in [-0.25, -0.2) is 4.68 Å². The van der Waals surface area contributed by atoms with E-state index in [2.05, 4.69) is 27.8 Å². The van der Waals surface area contributed by atoms with Crippen molar-refractivity contribution in [1.82, 2.24) is 20.3 Å². The monoisotopic (exact) mass is 272 g/mol. The number of rotatable bonds is 4. The average molecular weight is 272 g/mol. The maximum Gasteiger partial charge on any atom is 0.113 e. The van der Waals surface area contributed by atoms with Crippen LogP contribution in [0.25, 0.3) is 5.69 Å². The molecule has 0 spiro atoms. The van der Waals surface area contributed by atoms with Crippen molar-refractivity contribution < 1.29 is 9.47 Å². The first kappa shape index (κ1) is 12.0. The summed E-state index contributed by atoms with van der Waals surface area (Å²) in [5.74, 6) is 0. The summed E-state index contributed by atoms with van der Waals surface area (Å²) in [6, 6.07) is 8.14. The van der Waals surface area contributed by atoms with Gasteiger partial charge in [-0.3, -0.25) is 0 Å². The largest absolute Gasteiger partial charge is 0.369 e. The molecule has 1 N–H and O–H groups in total. The molecule has 20 heavy (non-hydrogen) atoms. The first-order valence-electron chi connectivity index (χ1n) is 6.83. The number of benzene rings is 1. The third-order valence-electron chi connectivity index (χ3n) is 3.77. The van der Waals surface area contributed by atoms with Gasteiger partial charge in [-0.05, 0) is 17.7 Å². The minimum Gasteiger partial charge on any atom is -0.369 e. The van der Waals surface area contributed by atoms with Crippen LogP contribution in [0.15, 0.2) is 36.7 Å². The molecule has 0 amide bonds. The Hall–Kier alpha value is -1.76. The fourth-order valence-corrected chi connectivity index (χ4v) is 2.58. The number of ether oxygens (including phenoxy) is 2. The molecule has 6 heteroatoms. The van der Waals surface area contributed by atoms with E-state index in [4.69, 9.17) is 9.47 Å². The number of hydrogen-bond acceptors (Lipinski definition) is 5. The standard InChI is InChI=1S/C14H16N4O2/c1-3-11(18-6-5-16-17-18)4-2-10(1)9-19-12-7-15-8-13-14(12)20-13/h1-6,12-15H,7-9H2/t12-,13-,14-/m1/s1. The fraction of sp³-hybridized carbons (Fsp3) is 0.429. The van der Waals surface area contributed by atoms with Crippen LogP contribution >= 0.6 is 0 Å². The Kier molecular flexibility index (Phi) is 2.99. The van der Waals surface area contributed by atoms with Gasteiger partial charge in [0.2, 0.25) is 0 Å². The van der Waals surface area contributed by atoms with Crippen LogP contribution in [0.4, 0.5) is 0 Å². The third kappa shape index (κ3) is 2.33. The molecule has 0 radical (unpaired) electrons. The van der Waals surface area contributed by atoms with Gasteiger partial charge in [0, 0.05) is 13.1 Å². The minimum absolute atomic E-state index is 0.170. The molecule has 2 aliphatic heterocycles. The molecule has 0 bridgehead atoms. The maximum absolute atomic E-state index is 5.93. The van der Waals surface area contributed by atoms with Crippen LogP contribution in [0.1, 0.15) is 5.56 Å². The molecule has 0 unspecified atom stereocenters. The van der Waals surface area contributed by atoms with E-state index in [0.29, 0.717) is 18.8 Å². The lowest BCUT2D eigenvalue weighted by Gasteiger charge is -2.20. The third-order valence-corrected chi connectivity index (χ3v) is 3.77. The molecule has 0 saturated carbocycles. The Morgan fingerprint density at radius 1 is 1.30 bits per heavy atom. The van der Waals surface area contributed by atoms with Crippen molar-refractivity contribution in [2.75, 3.05) is 13.1 Å². The number of fused-ring (bicyclic) bond motifs is 1. The minimum atomic E-state index is 0.170. The normalized spacial score (nSPS) is 28.1. The molecule has 2 aliphatic rings. The summed E-state index contributed by atoms with van der Waals surface area (Å²) in [6.07, 6.45) is 4.32. The lowest BCUT2D eigenvalue weighted by molar-refractivity contribution is 0.0211. The van der Waals surface area contributed by atoms with Gasteiger partial charge in [0.15, 0.2) is 0 Å². The molecule has 0 aliphatic carbocycles. The molecule has 1 aromatic carbocycles. The highest BCUT2D eigenvalue weighted by Crippen LogP contribution is 2.29. The Morgan fingerprint density at radius 3 is 3.00 bits per heavy atom. The zero-order valence-corrected chi connectivity index (χ0v) is 11.0. The van der Waals surface area contributed by atoms with E-state index in [-0.39, 0.29) is 6.10 Å². The van der Waals surface area contributed by atoms with E-state index < -0.39 is 0 Å². The molecule has 3 heterocycles. The molecule has 4 rings (SSSR count). The van der Waals surface area contributed by atoms with Gasteiger partial charge >= 0.3 is 0 Å². The number of nitrogens with zero attached hydrogens (tertiary/aromatic N) is 3. The van der Waals surface area contributed by atoms with Crippen LogP contribution in [0.2, 0.25) is 0 Å². The van der Waals surface area contributed by atoms with Crippen molar-refractivity contribution >= 4 is 0 Å². The van der Waals surface area contributed by atoms with Crippen LogP contribution in [0, 0.1) is 0 Å². The lowest BCUT2D eigenvalue weighted by Crippen LogP contribution is -2.41. The molecule has 2 aromatic rings. The van der Waals surface area contributed by atoms with Crippen molar-refractivity contribution in [3.63, 3.8) is 0 Å². The number of aromatic nitrogens is 3. The maximum atomic E-state index is 5.93. The van der Waals surface area contributed by atoms with Gasteiger partial charge in [-0.1, -0.05) is 17.3 Å². The molecule has 104 valence electrons. The van der Waals surface area contributed by atoms with Gasteiger partial charge in [0.1, 0.15) is 6.10 Å². The number of piperidine rings is 1. The first-order valence-corrected chi connectivity index (χ1v) is 6.83. The van der Waals surface area contributed by atoms with Gasteiger partial charge in [0.25, 0.3) is 0 Å². The zero-order chi connectivity index (χ0) is 13.4. The Morgan fingerprint density at radius 2 is 2.20 bits per heavy atom. The molecular formula is C14H16N4O2. The molecule has 3 atom stereocenters. The second-order valence-corrected chi connectivity index (χ2v) is 5.16. The second-order valence-electron chi connectivity index (χ2n) is 5.16. The summed E-state index contributed by atoms with van der Waals surface area (Å²) in [6.45, 7) is 2.44. The summed E-state index contributed by atoms with van der Waals surface area (Å²) < 4.78 is 13.2. The van der Waals surface area contributed by atoms with Crippen molar-refractivity contribution in [2.24, 2.45) is 0 Å². The van der Waals surface area contributed by atoms with Crippen LogP contribution in [0.5, 0.6) is 0 Å². The summed E-state index contributed by atoms with van der Waals surface area (Å²) in [5, 5.41) is 11.1. The molecule has 2 fully saturated rings. The predicted molar refractivity (Wildman–Crippen MR) is 71.5 cm³/mol. The average Bonchev–Trinajstić information content (AvgIpc) is 3.09. The van der Waals surface area contributed by atoms with Crippen LogP contribution in [0.3, 0.4) is 0 Å². The van der Waals surface area contributed by atoms with E-state index in [1.165, 1.54) is 0 Å². The highest BCUT2D eigenvalue weighted by molar-refractivity contribution is 5.33. The second kappa shape index (κ2) is 4.97. The number of nitrogens with one attached hydrogen (secondary N) is 1. The smallest absolute Gasteiger partial charge is 0.113 e. The molecule has 2 saturated heterocycles. The highest BCUT2D eigenvalue weighted by Gasteiger charge is 2.47. The quantitative estimate of drug-likeness (QED) is 0.822. The van der Waals surface area contributed by atoms with E-state index >= 15 is 0 Å². The summed E-state index contributed by atoms with van der Waals surface area (Å²) in [5.41, 5.74) is 2.15. The Labute approximate surface area is 116 Å². The highest BCUT2D eigenvalue weighted by atomic mass is 16.6. The number of hydrogen-bond donors (Lipinski definition) is 1. The molecular weight excluding hydrogens is 256 g/mol. The summed E-state index contributed by atoms with van der Waals surface area (Å²) in [4.78, 5) is 0. The van der Waals surface area contributed by atoms with E-state index in [9.17, 15) is 0 Å².